The van der Waals surface area contributed by atoms with Gasteiger partial charge < -0.3 is 14.8 Å². The highest BCUT2D eigenvalue weighted by Crippen LogP contribution is 2.44. The summed E-state index contributed by atoms with van der Waals surface area (Å²) in [5.74, 6) is 0.631. The average Bonchev–Trinajstić information content (AvgIpc) is 3.15. The van der Waals surface area contributed by atoms with Gasteiger partial charge in [0.2, 0.25) is 0 Å². The van der Waals surface area contributed by atoms with E-state index in [0.29, 0.717) is 18.9 Å². The molecule has 1 aliphatic carbocycles. The van der Waals surface area contributed by atoms with Crippen molar-refractivity contribution in [2.24, 2.45) is 0 Å². The number of benzene rings is 3. The number of rotatable bonds is 9. The number of hydrogen-bond acceptors (Lipinski definition) is 5. The quantitative estimate of drug-likeness (QED) is 0.369. The molecule has 0 spiro atoms. The molecule has 0 unspecified atom stereocenters. The zero-order valence-corrected chi connectivity index (χ0v) is 18.5. The molecule has 0 aromatic heterocycles. The Morgan fingerprint density at radius 2 is 1.44 bits per heavy atom. The van der Waals surface area contributed by atoms with E-state index in [1.807, 2.05) is 54.6 Å². The fraction of sp³-hybridized carbons (Fsp3) is 0.231. The minimum Gasteiger partial charge on any atom is -0.460 e. The first kappa shape index (κ1) is 22.0. The number of carbonyl (C=O) groups excluding carboxylic acids is 2. The van der Waals surface area contributed by atoms with Gasteiger partial charge in [0.05, 0.1) is 5.75 Å². The molecule has 0 atom stereocenters. The fourth-order valence-corrected chi connectivity index (χ4v) is 4.45. The number of fused-ring (bicyclic) bond motifs is 3. The molecule has 4 rings (SSSR count). The van der Waals surface area contributed by atoms with Gasteiger partial charge in [-0.1, -0.05) is 78.9 Å². The van der Waals surface area contributed by atoms with Crippen LogP contribution in [0.25, 0.3) is 11.1 Å². The first-order valence-corrected chi connectivity index (χ1v) is 11.7. The summed E-state index contributed by atoms with van der Waals surface area (Å²) in [6, 6.07) is 26.1. The predicted octanol–water partition coefficient (Wildman–Crippen LogP) is 5.00. The second-order valence-electron chi connectivity index (χ2n) is 7.45. The Labute approximate surface area is 192 Å². The van der Waals surface area contributed by atoms with Crippen molar-refractivity contribution in [3.8, 4) is 11.1 Å². The molecule has 0 fully saturated rings. The van der Waals surface area contributed by atoms with Gasteiger partial charge in [-0.25, -0.2) is 4.79 Å². The van der Waals surface area contributed by atoms with Crippen molar-refractivity contribution >= 4 is 23.8 Å². The van der Waals surface area contributed by atoms with E-state index in [-0.39, 0.29) is 24.2 Å². The number of ether oxygens (including phenoxy) is 2. The maximum absolute atomic E-state index is 12.1. The van der Waals surface area contributed by atoms with Crippen molar-refractivity contribution in [1.82, 2.24) is 5.32 Å². The smallest absolute Gasteiger partial charge is 0.407 e. The van der Waals surface area contributed by atoms with Crippen molar-refractivity contribution in [3.05, 3.63) is 95.6 Å². The number of nitrogens with one attached hydrogen (secondary N) is 1. The zero-order chi connectivity index (χ0) is 22.2. The Kier molecular flexibility index (Phi) is 7.46. The molecule has 164 valence electrons. The highest BCUT2D eigenvalue weighted by molar-refractivity contribution is 7.99. The van der Waals surface area contributed by atoms with Gasteiger partial charge in [-0.05, 0) is 27.8 Å². The molecule has 0 bridgehead atoms. The van der Waals surface area contributed by atoms with Crippen LogP contribution < -0.4 is 5.32 Å². The standard InChI is InChI=1S/C26H25NO4S/c28-25(30-16-19-8-2-1-3-9-19)18-32-15-14-27-26(29)31-17-24-22-12-6-4-10-20(22)21-11-5-7-13-23(21)24/h1-13,24H,14-18H2,(H,27,29). The van der Waals surface area contributed by atoms with Gasteiger partial charge in [0, 0.05) is 18.2 Å². The normalized spacial score (nSPS) is 12.0. The third-order valence-electron chi connectivity index (χ3n) is 5.32. The van der Waals surface area contributed by atoms with Gasteiger partial charge in [0.15, 0.2) is 0 Å². The summed E-state index contributed by atoms with van der Waals surface area (Å²) in [5.41, 5.74) is 5.74. The van der Waals surface area contributed by atoms with Gasteiger partial charge in [0.1, 0.15) is 13.2 Å². The van der Waals surface area contributed by atoms with Crippen molar-refractivity contribution in [3.63, 3.8) is 0 Å². The van der Waals surface area contributed by atoms with Gasteiger partial charge >= 0.3 is 12.1 Å². The molecule has 3 aromatic rings. The highest BCUT2D eigenvalue weighted by Gasteiger charge is 2.28. The van der Waals surface area contributed by atoms with Crippen molar-refractivity contribution in [2.45, 2.75) is 12.5 Å². The molecule has 5 nitrogen and oxygen atoms in total. The van der Waals surface area contributed by atoms with Gasteiger partial charge in [-0.3, -0.25) is 4.79 Å². The van der Waals surface area contributed by atoms with E-state index in [9.17, 15) is 9.59 Å². The third-order valence-corrected chi connectivity index (χ3v) is 6.25. The van der Waals surface area contributed by atoms with E-state index in [4.69, 9.17) is 9.47 Å². The first-order chi connectivity index (χ1) is 15.7. The van der Waals surface area contributed by atoms with Gasteiger partial charge in [-0.15, -0.1) is 11.8 Å². The first-order valence-electron chi connectivity index (χ1n) is 10.6. The molecular formula is C26H25NO4S. The molecule has 0 saturated carbocycles. The average molecular weight is 448 g/mol. The largest absolute Gasteiger partial charge is 0.460 e. The molecule has 1 amide bonds. The Morgan fingerprint density at radius 3 is 2.12 bits per heavy atom. The SMILES string of the molecule is O=C(CSCCNC(=O)OCC1c2ccccc2-c2ccccc21)OCc1ccccc1. The van der Waals surface area contributed by atoms with E-state index in [0.717, 1.165) is 5.56 Å². The molecule has 1 aliphatic rings. The van der Waals surface area contributed by atoms with Crippen LogP contribution in [0.5, 0.6) is 0 Å². The molecular weight excluding hydrogens is 422 g/mol. The molecule has 32 heavy (non-hydrogen) atoms. The monoisotopic (exact) mass is 447 g/mol. The Balaban J connectivity index is 1.15. The Hall–Kier alpha value is -3.25. The van der Waals surface area contributed by atoms with Crippen molar-refractivity contribution in [2.75, 3.05) is 24.7 Å². The van der Waals surface area contributed by atoms with Crippen molar-refractivity contribution < 1.29 is 19.1 Å². The topological polar surface area (TPSA) is 64.6 Å². The summed E-state index contributed by atoms with van der Waals surface area (Å²) in [6.07, 6.45) is -0.445. The molecule has 3 aromatic carbocycles. The second-order valence-corrected chi connectivity index (χ2v) is 8.56. The van der Waals surface area contributed by atoms with E-state index >= 15 is 0 Å². The number of alkyl carbamates (subject to hydrolysis) is 1. The molecule has 1 N–H and O–H groups in total. The minimum absolute atomic E-state index is 0.0434. The van der Waals surface area contributed by atoms with Gasteiger partial charge in [0.25, 0.3) is 0 Å². The molecule has 6 heteroatoms. The zero-order valence-electron chi connectivity index (χ0n) is 17.7. The van der Waals surface area contributed by atoms with Crippen LogP contribution in [-0.4, -0.2) is 36.7 Å². The van der Waals surface area contributed by atoms with Crippen LogP contribution in [0.1, 0.15) is 22.6 Å². The van der Waals surface area contributed by atoms with E-state index in [2.05, 4.69) is 29.6 Å². The fourth-order valence-electron chi connectivity index (χ4n) is 3.81. The van der Waals surface area contributed by atoms with E-state index in [1.165, 1.54) is 34.0 Å². The summed E-state index contributed by atoms with van der Waals surface area (Å²) in [7, 11) is 0. The number of carbonyl (C=O) groups is 2. The summed E-state index contributed by atoms with van der Waals surface area (Å²) in [4.78, 5) is 24.0. The molecule has 0 saturated heterocycles. The van der Waals surface area contributed by atoms with Crippen LogP contribution in [0, 0.1) is 0 Å². The van der Waals surface area contributed by atoms with Crippen LogP contribution in [0.4, 0.5) is 4.79 Å². The summed E-state index contributed by atoms with van der Waals surface area (Å²) in [6.45, 7) is 0.990. The lowest BCUT2D eigenvalue weighted by Gasteiger charge is -2.14. The van der Waals surface area contributed by atoms with Crippen molar-refractivity contribution in [1.29, 1.82) is 0 Å². The van der Waals surface area contributed by atoms with Gasteiger partial charge in [-0.2, -0.15) is 0 Å². The van der Waals surface area contributed by atoms with E-state index < -0.39 is 6.09 Å². The number of amides is 1. The lowest BCUT2D eigenvalue weighted by atomic mass is 9.98. The van der Waals surface area contributed by atoms with Crippen LogP contribution in [0.3, 0.4) is 0 Å². The second kappa shape index (κ2) is 10.9. The molecule has 0 heterocycles. The highest BCUT2D eigenvalue weighted by atomic mass is 32.2. The lowest BCUT2D eigenvalue weighted by Crippen LogP contribution is -2.28. The third kappa shape index (κ3) is 5.51. The lowest BCUT2D eigenvalue weighted by molar-refractivity contribution is -0.141. The Bertz CT molecular complexity index is 1020. The maximum atomic E-state index is 12.1. The summed E-state index contributed by atoms with van der Waals surface area (Å²) < 4.78 is 10.7. The summed E-state index contributed by atoms with van der Waals surface area (Å²) in [5, 5.41) is 2.75. The Morgan fingerprint density at radius 1 is 0.812 bits per heavy atom. The van der Waals surface area contributed by atoms with Crippen LogP contribution >= 0.6 is 11.8 Å². The summed E-state index contributed by atoms with van der Waals surface area (Å²) >= 11 is 1.42. The predicted molar refractivity (Wildman–Crippen MR) is 127 cm³/mol. The maximum Gasteiger partial charge on any atom is 0.407 e. The van der Waals surface area contributed by atoms with Crippen LogP contribution in [-0.2, 0) is 20.9 Å². The number of thioether (sulfide) groups is 1. The van der Waals surface area contributed by atoms with E-state index in [1.54, 1.807) is 0 Å². The molecule has 0 radical (unpaired) electrons. The van der Waals surface area contributed by atoms with Crippen LogP contribution in [0.15, 0.2) is 78.9 Å². The minimum atomic E-state index is -0.445. The molecule has 0 aliphatic heterocycles. The van der Waals surface area contributed by atoms with Crippen LogP contribution in [0.2, 0.25) is 0 Å². The number of esters is 1. The number of hydrogen-bond donors (Lipinski definition) is 1.